The molecule has 102 valence electrons. The molecule has 1 aliphatic heterocycles. The van der Waals surface area contributed by atoms with Gasteiger partial charge in [0.05, 0.1) is 5.75 Å². The van der Waals surface area contributed by atoms with Crippen molar-refractivity contribution in [2.24, 2.45) is 0 Å². The van der Waals surface area contributed by atoms with E-state index in [9.17, 15) is 8.42 Å². The Hall–Kier alpha value is -0.170. The van der Waals surface area contributed by atoms with E-state index in [1.807, 2.05) is 14.1 Å². The molecular formula is C11H25N3O2S. The Morgan fingerprint density at radius 2 is 1.94 bits per heavy atom. The van der Waals surface area contributed by atoms with Crippen LogP contribution in [0.1, 0.15) is 19.3 Å². The number of sulfonamides is 1. The summed E-state index contributed by atoms with van der Waals surface area (Å²) in [5.74, 6) is 0.242. The molecule has 0 aromatic heterocycles. The van der Waals surface area contributed by atoms with E-state index in [0.717, 1.165) is 32.4 Å². The Balaban J connectivity index is 2.34. The Kier molecular flexibility index (Phi) is 5.85. The number of hydrogen-bond donors (Lipinski definition) is 1. The van der Waals surface area contributed by atoms with Crippen LogP contribution in [0.2, 0.25) is 0 Å². The maximum absolute atomic E-state index is 12.0. The minimum atomic E-state index is -3.09. The monoisotopic (exact) mass is 263 g/mol. The normalized spacial score (nSPS) is 21.6. The van der Waals surface area contributed by atoms with Crippen LogP contribution in [0.15, 0.2) is 0 Å². The lowest BCUT2D eigenvalue weighted by molar-refractivity contribution is 0.369. The molecule has 6 heteroatoms. The molecule has 0 amide bonds. The van der Waals surface area contributed by atoms with Gasteiger partial charge in [-0.05, 0) is 46.4 Å². The first-order chi connectivity index (χ1) is 7.92. The highest BCUT2D eigenvalue weighted by molar-refractivity contribution is 7.89. The van der Waals surface area contributed by atoms with Crippen molar-refractivity contribution in [3.63, 3.8) is 0 Å². The van der Waals surface area contributed by atoms with E-state index in [-0.39, 0.29) is 11.8 Å². The second-order valence-corrected chi connectivity index (χ2v) is 7.17. The first kappa shape index (κ1) is 14.9. The molecule has 0 saturated carbocycles. The Bertz CT molecular complexity index is 311. The topological polar surface area (TPSA) is 52.7 Å². The molecule has 1 rings (SSSR count). The minimum absolute atomic E-state index is 0.149. The van der Waals surface area contributed by atoms with Crippen LogP contribution in [-0.4, -0.2) is 70.2 Å². The lowest BCUT2D eigenvalue weighted by Gasteiger charge is -2.20. The zero-order valence-electron chi connectivity index (χ0n) is 11.1. The SMILES string of the molecule is CN(C)CCCN(C)S(=O)(=O)CC1CCCN1. The largest absolute Gasteiger partial charge is 0.313 e. The maximum Gasteiger partial charge on any atom is 0.215 e. The van der Waals surface area contributed by atoms with E-state index >= 15 is 0 Å². The molecule has 1 saturated heterocycles. The third-order valence-electron chi connectivity index (χ3n) is 3.13. The predicted molar refractivity (Wildman–Crippen MR) is 70.6 cm³/mol. The van der Waals surface area contributed by atoms with Gasteiger partial charge in [-0.1, -0.05) is 0 Å². The van der Waals surface area contributed by atoms with Gasteiger partial charge in [-0.25, -0.2) is 12.7 Å². The highest BCUT2D eigenvalue weighted by Gasteiger charge is 2.25. The summed E-state index contributed by atoms with van der Waals surface area (Å²) in [4.78, 5) is 2.07. The van der Waals surface area contributed by atoms with Crippen molar-refractivity contribution in [2.75, 3.05) is 46.5 Å². The molecule has 0 aliphatic carbocycles. The summed E-state index contributed by atoms with van der Waals surface area (Å²) >= 11 is 0. The number of nitrogens with zero attached hydrogens (tertiary/aromatic N) is 2. The van der Waals surface area contributed by atoms with Gasteiger partial charge in [-0.3, -0.25) is 0 Å². The number of nitrogens with one attached hydrogen (secondary N) is 1. The second kappa shape index (κ2) is 6.68. The lowest BCUT2D eigenvalue weighted by Crippen LogP contribution is -2.38. The van der Waals surface area contributed by atoms with Crippen LogP contribution in [0.5, 0.6) is 0 Å². The zero-order chi connectivity index (χ0) is 12.9. The van der Waals surface area contributed by atoms with Gasteiger partial charge in [-0.15, -0.1) is 0 Å². The predicted octanol–water partition coefficient (Wildman–Crippen LogP) is -0.0483. The van der Waals surface area contributed by atoms with Gasteiger partial charge in [-0.2, -0.15) is 0 Å². The van der Waals surface area contributed by atoms with Crippen molar-refractivity contribution < 1.29 is 8.42 Å². The Morgan fingerprint density at radius 3 is 2.47 bits per heavy atom. The second-order valence-electron chi connectivity index (χ2n) is 5.05. The summed E-state index contributed by atoms with van der Waals surface area (Å²) in [6, 6.07) is 0.149. The van der Waals surface area contributed by atoms with E-state index < -0.39 is 10.0 Å². The highest BCUT2D eigenvalue weighted by Crippen LogP contribution is 2.10. The van der Waals surface area contributed by atoms with Crippen molar-refractivity contribution in [3.05, 3.63) is 0 Å². The summed E-state index contributed by atoms with van der Waals surface area (Å²) < 4.78 is 25.6. The van der Waals surface area contributed by atoms with Crippen molar-refractivity contribution in [3.8, 4) is 0 Å². The minimum Gasteiger partial charge on any atom is -0.313 e. The van der Waals surface area contributed by atoms with Crippen LogP contribution in [0.25, 0.3) is 0 Å². The van der Waals surface area contributed by atoms with Crippen molar-refractivity contribution in [1.82, 2.24) is 14.5 Å². The van der Waals surface area contributed by atoms with Crippen LogP contribution >= 0.6 is 0 Å². The molecule has 0 aromatic carbocycles. The van der Waals surface area contributed by atoms with Crippen molar-refractivity contribution >= 4 is 10.0 Å². The average Bonchev–Trinajstić information content (AvgIpc) is 2.68. The summed E-state index contributed by atoms with van der Waals surface area (Å²) in [7, 11) is 2.59. The Morgan fingerprint density at radius 1 is 1.24 bits per heavy atom. The first-order valence-corrected chi connectivity index (χ1v) is 7.85. The molecule has 0 spiro atoms. The van der Waals surface area contributed by atoms with Gasteiger partial charge in [0.1, 0.15) is 0 Å². The molecule has 1 atom stereocenters. The molecule has 5 nitrogen and oxygen atoms in total. The molecule has 0 aromatic rings. The molecule has 17 heavy (non-hydrogen) atoms. The molecule has 1 aliphatic rings. The average molecular weight is 263 g/mol. The summed E-state index contributed by atoms with van der Waals surface area (Å²) in [5.41, 5.74) is 0. The van der Waals surface area contributed by atoms with E-state index in [1.54, 1.807) is 7.05 Å². The molecule has 0 bridgehead atoms. The molecule has 1 unspecified atom stereocenters. The number of hydrogen-bond acceptors (Lipinski definition) is 4. The summed E-state index contributed by atoms with van der Waals surface area (Å²) in [6.45, 7) is 2.47. The summed E-state index contributed by atoms with van der Waals surface area (Å²) in [5, 5.41) is 3.23. The van der Waals surface area contributed by atoms with Gasteiger partial charge >= 0.3 is 0 Å². The van der Waals surface area contributed by atoms with Gasteiger partial charge < -0.3 is 10.2 Å². The molecular weight excluding hydrogens is 238 g/mol. The lowest BCUT2D eigenvalue weighted by atomic mass is 10.3. The molecule has 1 heterocycles. The van der Waals surface area contributed by atoms with Crippen LogP contribution < -0.4 is 5.32 Å². The number of rotatable bonds is 7. The third-order valence-corrected chi connectivity index (χ3v) is 5.08. The van der Waals surface area contributed by atoms with Gasteiger partial charge in [0.2, 0.25) is 10.0 Å². The third kappa shape index (κ3) is 5.33. The van der Waals surface area contributed by atoms with Gasteiger partial charge in [0.15, 0.2) is 0 Å². The summed E-state index contributed by atoms with van der Waals surface area (Å²) in [6.07, 6.45) is 2.94. The maximum atomic E-state index is 12.0. The van der Waals surface area contributed by atoms with Gasteiger partial charge in [0.25, 0.3) is 0 Å². The van der Waals surface area contributed by atoms with Crippen molar-refractivity contribution in [1.29, 1.82) is 0 Å². The van der Waals surface area contributed by atoms with Crippen LogP contribution in [0.4, 0.5) is 0 Å². The van der Waals surface area contributed by atoms with E-state index in [2.05, 4.69) is 10.2 Å². The fourth-order valence-corrected chi connectivity index (χ4v) is 3.48. The molecule has 1 N–H and O–H groups in total. The van der Waals surface area contributed by atoms with E-state index in [4.69, 9.17) is 0 Å². The van der Waals surface area contributed by atoms with Crippen molar-refractivity contribution in [2.45, 2.75) is 25.3 Å². The van der Waals surface area contributed by atoms with Gasteiger partial charge in [0, 0.05) is 19.6 Å². The van der Waals surface area contributed by atoms with Crippen LogP contribution in [-0.2, 0) is 10.0 Å². The fraction of sp³-hybridized carbons (Fsp3) is 1.00. The Labute approximate surface area is 105 Å². The molecule has 1 fully saturated rings. The van der Waals surface area contributed by atoms with Crippen LogP contribution in [0, 0.1) is 0 Å². The quantitative estimate of drug-likeness (QED) is 0.700. The zero-order valence-corrected chi connectivity index (χ0v) is 12.0. The molecule has 0 radical (unpaired) electrons. The highest BCUT2D eigenvalue weighted by atomic mass is 32.2. The standard InChI is InChI=1S/C11H25N3O2S/c1-13(2)8-5-9-14(3)17(15,16)10-11-6-4-7-12-11/h11-12H,4-10H2,1-3H3. The van der Waals surface area contributed by atoms with Crippen LogP contribution in [0.3, 0.4) is 0 Å². The smallest absolute Gasteiger partial charge is 0.215 e. The van der Waals surface area contributed by atoms with E-state index in [1.165, 1.54) is 4.31 Å². The first-order valence-electron chi connectivity index (χ1n) is 6.24. The van der Waals surface area contributed by atoms with E-state index in [0.29, 0.717) is 6.54 Å². The fourth-order valence-electron chi connectivity index (χ4n) is 2.03.